The highest BCUT2D eigenvalue weighted by molar-refractivity contribution is 5.96. The van der Waals surface area contributed by atoms with E-state index < -0.39 is 23.5 Å². The Labute approximate surface area is 222 Å². The zero-order chi connectivity index (χ0) is 27.8. The lowest BCUT2D eigenvalue weighted by Crippen LogP contribution is -2.39. The number of ether oxygens (including phenoxy) is 1. The van der Waals surface area contributed by atoms with E-state index in [-0.39, 0.29) is 30.6 Å². The fourth-order valence-electron chi connectivity index (χ4n) is 5.33. The van der Waals surface area contributed by atoms with Gasteiger partial charge in [-0.15, -0.1) is 0 Å². The van der Waals surface area contributed by atoms with Gasteiger partial charge in [-0.1, -0.05) is 6.07 Å². The fourth-order valence-corrected chi connectivity index (χ4v) is 5.33. The van der Waals surface area contributed by atoms with Crippen LogP contribution in [0.5, 0.6) is 0 Å². The number of halogens is 1. The second-order valence-corrected chi connectivity index (χ2v) is 11.1. The SMILES string of the molecule is Cc1c2c(c(C)c([C@H](OC(C)(C)C)C(=O)O)c1NC(=O)N1CCCCC1)CN(C(=O)c1cccc(F)c1)C2. The maximum absolute atomic E-state index is 13.8. The third-order valence-electron chi connectivity index (χ3n) is 7.21. The summed E-state index contributed by atoms with van der Waals surface area (Å²) in [5.41, 5.74) is 3.30. The number of amides is 3. The normalized spacial score (nSPS) is 16.3. The third-order valence-corrected chi connectivity index (χ3v) is 7.21. The smallest absolute Gasteiger partial charge is 0.337 e. The molecule has 2 N–H and O–H groups in total. The van der Waals surface area contributed by atoms with Gasteiger partial charge in [0.25, 0.3) is 5.91 Å². The number of likely N-dealkylation sites (tertiary alicyclic amines) is 1. The number of carboxylic acid groups (broad SMARTS) is 1. The van der Waals surface area contributed by atoms with Crippen molar-refractivity contribution in [2.45, 2.75) is 78.7 Å². The largest absolute Gasteiger partial charge is 0.479 e. The number of carbonyl (C=O) groups excluding carboxylic acids is 2. The molecule has 1 saturated heterocycles. The molecule has 2 aliphatic heterocycles. The number of piperidine rings is 1. The average molecular weight is 526 g/mol. The van der Waals surface area contributed by atoms with Gasteiger partial charge in [0.15, 0.2) is 6.10 Å². The maximum Gasteiger partial charge on any atom is 0.337 e. The molecule has 0 aromatic heterocycles. The van der Waals surface area contributed by atoms with Crippen molar-refractivity contribution < 1.29 is 28.6 Å². The number of hydrogen-bond acceptors (Lipinski definition) is 4. The van der Waals surface area contributed by atoms with Crippen molar-refractivity contribution in [3.8, 4) is 0 Å². The summed E-state index contributed by atoms with van der Waals surface area (Å²) < 4.78 is 19.8. The van der Waals surface area contributed by atoms with Crippen molar-refractivity contribution >= 4 is 23.6 Å². The molecule has 2 aliphatic rings. The Balaban J connectivity index is 1.79. The fraction of sp³-hybridized carbons (Fsp3) is 0.483. The van der Waals surface area contributed by atoms with Crippen LogP contribution in [0.3, 0.4) is 0 Å². The highest BCUT2D eigenvalue weighted by Gasteiger charge is 2.37. The van der Waals surface area contributed by atoms with E-state index in [2.05, 4.69) is 5.32 Å². The predicted octanol–water partition coefficient (Wildman–Crippen LogP) is 5.56. The molecule has 0 saturated carbocycles. The summed E-state index contributed by atoms with van der Waals surface area (Å²) in [5.74, 6) is -1.98. The lowest BCUT2D eigenvalue weighted by atomic mass is 9.89. The predicted molar refractivity (Wildman–Crippen MR) is 142 cm³/mol. The van der Waals surface area contributed by atoms with Crippen molar-refractivity contribution in [2.24, 2.45) is 0 Å². The molecule has 4 rings (SSSR count). The first-order chi connectivity index (χ1) is 17.9. The van der Waals surface area contributed by atoms with Crippen LogP contribution in [0, 0.1) is 19.7 Å². The first kappa shape index (κ1) is 27.6. The molecule has 0 bridgehead atoms. The number of carbonyl (C=O) groups is 3. The Kier molecular flexibility index (Phi) is 7.78. The summed E-state index contributed by atoms with van der Waals surface area (Å²) in [6, 6.07) is 5.28. The van der Waals surface area contributed by atoms with Gasteiger partial charge >= 0.3 is 12.0 Å². The number of anilines is 1. The van der Waals surface area contributed by atoms with Gasteiger partial charge in [-0.2, -0.15) is 0 Å². The number of urea groups is 1. The number of fused-ring (bicyclic) bond motifs is 1. The van der Waals surface area contributed by atoms with Crippen molar-refractivity contribution in [1.29, 1.82) is 0 Å². The van der Waals surface area contributed by atoms with E-state index in [0.29, 0.717) is 35.5 Å². The lowest BCUT2D eigenvalue weighted by molar-refractivity contribution is -0.160. The summed E-state index contributed by atoms with van der Waals surface area (Å²) >= 11 is 0. The number of rotatable bonds is 5. The minimum absolute atomic E-state index is 0.242. The first-order valence-corrected chi connectivity index (χ1v) is 13.0. The van der Waals surface area contributed by atoms with Crippen molar-refractivity contribution in [3.05, 3.63) is 63.5 Å². The summed E-state index contributed by atoms with van der Waals surface area (Å²) in [5, 5.41) is 13.2. The Morgan fingerprint density at radius 2 is 1.63 bits per heavy atom. The van der Waals surface area contributed by atoms with Gasteiger partial charge in [-0.05, 0) is 94.3 Å². The van der Waals surface area contributed by atoms with Gasteiger partial charge in [0.1, 0.15) is 5.82 Å². The third kappa shape index (κ3) is 5.67. The molecule has 9 heteroatoms. The Bertz CT molecular complexity index is 1260. The minimum atomic E-state index is -1.33. The molecule has 1 atom stereocenters. The van der Waals surface area contributed by atoms with Gasteiger partial charge in [-0.25, -0.2) is 14.0 Å². The summed E-state index contributed by atoms with van der Waals surface area (Å²) in [7, 11) is 0. The molecule has 2 aromatic carbocycles. The van der Waals surface area contributed by atoms with Crippen LogP contribution in [0.15, 0.2) is 24.3 Å². The number of carboxylic acids is 1. The number of nitrogens with one attached hydrogen (secondary N) is 1. The topological polar surface area (TPSA) is 99.2 Å². The molecule has 0 spiro atoms. The van der Waals surface area contributed by atoms with Crippen LogP contribution in [0.2, 0.25) is 0 Å². The number of benzene rings is 2. The quantitative estimate of drug-likeness (QED) is 0.533. The van der Waals surface area contributed by atoms with Crippen LogP contribution in [0.4, 0.5) is 14.9 Å². The second kappa shape index (κ2) is 10.7. The molecule has 1 fully saturated rings. The van der Waals surface area contributed by atoms with E-state index in [4.69, 9.17) is 4.74 Å². The van der Waals surface area contributed by atoms with E-state index in [1.165, 1.54) is 18.2 Å². The Morgan fingerprint density at radius 1 is 1.00 bits per heavy atom. The molecule has 2 aromatic rings. The van der Waals surface area contributed by atoms with Gasteiger partial charge in [0, 0.05) is 37.3 Å². The summed E-state index contributed by atoms with van der Waals surface area (Å²) in [6.45, 7) is 10.8. The molecule has 0 unspecified atom stereocenters. The number of aliphatic carboxylic acids is 1. The molecule has 38 heavy (non-hydrogen) atoms. The van der Waals surface area contributed by atoms with Crippen LogP contribution in [0.1, 0.15) is 84.3 Å². The summed E-state index contributed by atoms with van der Waals surface area (Å²) in [6.07, 6.45) is 1.58. The Hall–Kier alpha value is -3.46. The number of nitrogens with zero attached hydrogens (tertiary/aromatic N) is 2. The highest BCUT2D eigenvalue weighted by Crippen LogP contribution is 2.42. The van der Waals surface area contributed by atoms with E-state index in [1.807, 2.05) is 13.8 Å². The Morgan fingerprint density at radius 3 is 2.21 bits per heavy atom. The van der Waals surface area contributed by atoms with Crippen molar-refractivity contribution in [2.75, 3.05) is 18.4 Å². The van der Waals surface area contributed by atoms with Crippen LogP contribution >= 0.6 is 0 Å². The molecule has 3 amide bonds. The van der Waals surface area contributed by atoms with Crippen molar-refractivity contribution in [1.82, 2.24) is 9.80 Å². The van der Waals surface area contributed by atoms with Crippen LogP contribution in [-0.4, -0.2) is 51.5 Å². The lowest BCUT2D eigenvalue weighted by Gasteiger charge is -2.31. The molecule has 0 radical (unpaired) electrons. The van der Waals surface area contributed by atoms with E-state index in [1.54, 1.807) is 36.6 Å². The van der Waals surface area contributed by atoms with Gasteiger partial charge < -0.3 is 25.0 Å². The van der Waals surface area contributed by atoms with Gasteiger partial charge in [0.2, 0.25) is 0 Å². The van der Waals surface area contributed by atoms with Crippen molar-refractivity contribution in [3.63, 3.8) is 0 Å². The zero-order valence-electron chi connectivity index (χ0n) is 22.7. The van der Waals surface area contributed by atoms with E-state index in [9.17, 15) is 23.9 Å². The standard InChI is InChI=1S/C29H36FN3O5/c1-17-21-15-33(26(34)19-10-9-11-20(30)14-19)16-22(21)18(2)24(31-28(37)32-12-7-6-8-13-32)23(17)25(27(35)36)38-29(3,4)5/h9-11,14,25H,6-8,12-13,15-16H2,1-5H3,(H,31,37)(H,35,36)/t25-/m0/s1. The molecule has 8 nitrogen and oxygen atoms in total. The second-order valence-electron chi connectivity index (χ2n) is 11.1. The van der Waals surface area contributed by atoms with Gasteiger partial charge in [-0.3, -0.25) is 4.79 Å². The minimum Gasteiger partial charge on any atom is -0.479 e. The molecular formula is C29H36FN3O5. The maximum atomic E-state index is 13.8. The van der Waals surface area contributed by atoms with Crippen LogP contribution in [-0.2, 0) is 22.6 Å². The average Bonchev–Trinajstić information content (AvgIpc) is 3.32. The molecule has 2 heterocycles. The van der Waals surface area contributed by atoms with E-state index >= 15 is 0 Å². The van der Waals surface area contributed by atoms with Crippen LogP contribution in [0.25, 0.3) is 0 Å². The highest BCUT2D eigenvalue weighted by atomic mass is 19.1. The van der Waals surface area contributed by atoms with Gasteiger partial charge in [0.05, 0.1) is 11.3 Å². The monoisotopic (exact) mass is 525 g/mol. The molecular weight excluding hydrogens is 489 g/mol. The van der Waals surface area contributed by atoms with Crippen LogP contribution < -0.4 is 5.32 Å². The first-order valence-electron chi connectivity index (χ1n) is 13.0. The van der Waals surface area contributed by atoms with E-state index in [0.717, 1.165) is 30.4 Å². The zero-order valence-corrected chi connectivity index (χ0v) is 22.7. The molecule has 0 aliphatic carbocycles. The molecule has 204 valence electrons. The number of hydrogen-bond donors (Lipinski definition) is 2. The summed E-state index contributed by atoms with van der Waals surface area (Å²) in [4.78, 5) is 42.4.